The van der Waals surface area contributed by atoms with E-state index in [9.17, 15) is 4.79 Å². The second kappa shape index (κ2) is 9.44. The molecule has 3 fully saturated rings. The van der Waals surface area contributed by atoms with Crippen LogP contribution in [-0.4, -0.2) is 54.1 Å². The van der Waals surface area contributed by atoms with Crippen LogP contribution >= 0.6 is 24.8 Å². The summed E-state index contributed by atoms with van der Waals surface area (Å²) in [4.78, 5) is 21.7. The molecule has 2 atom stereocenters. The van der Waals surface area contributed by atoms with Crippen LogP contribution in [0.1, 0.15) is 55.8 Å². The number of hydrogen-bond donors (Lipinski definition) is 1. The van der Waals surface area contributed by atoms with Crippen molar-refractivity contribution in [1.82, 2.24) is 15.2 Å². The average Bonchev–Trinajstić information content (AvgIpc) is 2.99. The summed E-state index contributed by atoms with van der Waals surface area (Å²) in [5, 5.41) is 3.64. The van der Waals surface area contributed by atoms with Crippen molar-refractivity contribution in [3.8, 4) is 0 Å². The molecule has 3 aliphatic heterocycles. The van der Waals surface area contributed by atoms with E-state index in [1.807, 2.05) is 24.1 Å². The number of rotatable bonds is 3. The van der Waals surface area contributed by atoms with Crippen molar-refractivity contribution >= 4 is 36.5 Å². The molecule has 5 nitrogen and oxygen atoms in total. The largest absolute Gasteiger partial charge is 0.357 e. The normalized spacial score (nSPS) is 27.5. The van der Waals surface area contributed by atoms with Gasteiger partial charge in [-0.05, 0) is 56.6 Å². The topological polar surface area (TPSA) is 48.5 Å². The van der Waals surface area contributed by atoms with Crippen molar-refractivity contribution in [2.75, 3.05) is 25.0 Å². The molecule has 0 saturated carbocycles. The number of fused-ring (bicyclic) bond motifs is 2. The molecule has 7 heteroatoms. The first-order chi connectivity index (χ1) is 12.1. The Morgan fingerprint density at radius 2 is 1.74 bits per heavy atom. The summed E-state index contributed by atoms with van der Waals surface area (Å²) in [6.07, 6.45) is 8.89. The van der Waals surface area contributed by atoms with E-state index in [-0.39, 0.29) is 30.7 Å². The van der Waals surface area contributed by atoms with E-state index in [4.69, 9.17) is 0 Å². The molecule has 0 radical (unpaired) electrons. The lowest BCUT2D eigenvalue weighted by Crippen LogP contribution is -2.48. The molecule has 0 spiro atoms. The van der Waals surface area contributed by atoms with Gasteiger partial charge in [-0.2, -0.15) is 0 Å². The quantitative estimate of drug-likeness (QED) is 0.821. The number of carbonyl (C=O) groups excluding carboxylic acids is 1. The van der Waals surface area contributed by atoms with E-state index in [0.717, 1.165) is 37.7 Å². The van der Waals surface area contributed by atoms with Crippen molar-refractivity contribution < 1.29 is 4.79 Å². The van der Waals surface area contributed by atoms with E-state index in [1.54, 1.807) is 6.20 Å². The molecule has 27 heavy (non-hydrogen) atoms. The SMILES string of the molecule is CC1CCN(c2ccc(C(=O)N(C)C3CC4CCC(C3)N4)cn2)CC1.Cl.Cl. The Labute approximate surface area is 175 Å². The second-order valence-corrected chi connectivity index (χ2v) is 8.25. The summed E-state index contributed by atoms with van der Waals surface area (Å²) < 4.78 is 0. The number of carbonyl (C=O) groups is 1. The molecule has 152 valence electrons. The van der Waals surface area contributed by atoms with Crippen molar-refractivity contribution in [3.05, 3.63) is 23.9 Å². The number of hydrogen-bond acceptors (Lipinski definition) is 4. The zero-order chi connectivity index (χ0) is 17.4. The highest BCUT2D eigenvalue weighted by atomic mass is 35.5. The molecule has 0 aromatic carbocycles. The maximum Gasteiger partial charge on any atom is 0.255 e. The summed E-state index contributed by atoms with van der Waals surface area (Å²) in [7, 11) is 1.96. The van der Waals surface area contributed by atoms with Crippen LogP contribution in [0.5, 0.6) is 0 Å². The Hall–Kier alpha value is -1.04. The maximum absolute atomic E-state index is 12.9. The molecule has 2 bridgehead atoms. The predicted molar refractivity (Wildman–Crippen MR) is 114 cm³/mol. The maximum atomic E-state index is 12.9. The highest BCUT2D eigenvalue weighted by Crippen LogP contribution is 2.30. The zero-order valence-corrected chi connectivity index (χ0v) is 17.9. The minimum Gasteiger partial charge on any atom is -0.357 e. The Kier molecular flexibility index (Phi) is 7.78. The van der Waals surface area contributed by atoms with E-state index in [1.165, 1.54) is 25.7 Å². The minimum atomic E-state index is 0. The fourth-order valence-electron chi connectivity index (χ4n) is 4.65. The van der Waals surface area contributed by atoms with Gasteiger partial charge in [-0.15, -0.1) is 24.8 Å². The third-order valence-electron chi connectivity index (χ3n) is 6.42. The van der Waals surface area contributed by atoms with E-state index >= 15 is 0 Å². The van der Waals surface area contributed by atoms with Gasteiger partial charge in [0.25, 0.3) is 5.91 Å². The molecule has 1 N–H and O–H groups in total. The number of amides is 1. The molecule has 3 aliphatic rings. The molecule has 1 aromatic heterocycles. The van der Waals surface area contributed by atoms with Gasteiger partial charge < -0.3 is 15.1 Å². The van der Waals surface area contributed by atoms with Crippen molar-refractivity contribution in [3.63, 3.8) is 0 Å². The van der Waals surface area contributed by atoms with Gasteiger partial charge in [0.2, 0.25) is 0 Å². The first-order valence-corrected chi connectivity index (χ1v) is 9.84. The van der Waals surface area contributed by atoms with Crippen LogP contribution < -0.4 is 10.2 Å². The molecule has 4 rings (SSSR count). The van der Waals surface area contributed by atoms with Crippen LogP contribution in [0.4, 0.5) is 5.82 Å². The van der Waals surface area contributed by atoms with Gasteiger partial charge in [-0.25, -0.2) is 4.98 Å². The number of nitrogens with zero attached hydrogens (tertiary/aromatic N) is 3. The van der Waals surface area contributed by atoms with Gasteiger partial charge in [0, 0.05) is 44.5 Å². The Morgan fingerprint density at radius 3 is 2.30 bits per heavy atom. The fourth-order valence-corrected chi connectivity index (χ4v) is 4.65. The van der Waals surface area contributed by atoms with Crippen LogP contribution in [-0.2, 0) is 0 Å². The second-order valence-electron chi connectivity index (χ2n) is 8.25. The number of piperidine rings is 2. The number of aromatic nitrogens is 1. The van der Waals surface area contributed by atoms with Gasteiger partial charge in [-0.3, -0.25) is 4.79 Å². The van der Waals surface area contributed by atoms with Crippen molar-refractivity contribution in [2.24, 2.45) is 5.92 Å². The summed E-state index contributed by atoms with van der Waals surface area (Å²) >= 11 is 0. The summed E-state index contributed by atoms with van der Waals surface area (Å²) in [6, 6.07) is 5.52. The van der Waals surface area contributed by atoms with Gasteiger partial charge in [0.1, 0.15) is 5.82 Å². The van der Waals surface area contributed by atoms with Crippen LogP contribution in [0.2, 0.25) is 0 Å². The summed E-state index contributed by atoms with van der Waals surface area (Å²) in [5.74, 6) is 1.93. The summed E-state index contributed by atoms with van der Waals surface area (Å²) in [6.45, 7) is 4.45. The Balaban J connectivity index is 0.00000131. The first-order valence-electron chi connectivity index (χ1n) is 9.84. The standard InChI is InChI=1S/C20H30N4O.2ClH/c1-14-7-9-24(10-8-14)19-6-3-15(13-21-19)20(25)23(2)18-11-16-4-5-17(12-18)22-16;;/h3,6,13-14,16-18,22H,4-5,7-12H2,1-2H3;2*1H. The monoisotopic (exact) mass is 414 g/mol. The van der Waals surface area contributed by atoms with Crippen LogP contribution in [0, 0.1) is 5.92 Å². The molecule has 0 aliphatic carbocycles. The highest BCUT2D eigenvalue weighted by Gasteiger charge is 2.36. The third-order valence-corrected chi connectivity index (χ3v) is 6.42. The first kappa shape index (κ1) is 22.3. The lowest BCUT2D eigenvalue weighted by molar-refractivity contribution is 0.0681. The van der Waals surface area contributed by atoms with Gasteiger partial charge >= 0.3 is 0 Å². The lowest BCUT2D eigenvalue weighted by Gasteiger charge is -2.35. The molecule has 1 amide bonds. The molecule has 3 saturated heterocycles. The van der Waals surface area contributed by atoms with Crippen molar-refractivity contribution in [1.29, 1.82) is 0 Å². The van der Waals surface area contributed by atoms with Gasteiger partial charge in [-0.1, -0.05) is 6.92 Å². The molecular weight excluding hydrogens is 383 g/mol. The minimum absolute atomic E-state index is 0. The van der Waals surface area contributed by atoms with Crippen LogP contribution in [0.3, 0.4) is 0 Å². The van der Waals surface area contributed by atoms with Gasteiger partial charge in [0.05, 0.1) is 5.56 Å². The summed E-state index contributed by atoms with van der Waals surface area (Å²) in [5.41, 5.74) is 0.711. The fraction of sp³-hybridized carbons (Fsp3) is 0.700. The third kappa shape index (κ3) is 4.87. The molecule has 2 unspecified atom stereocenters. The smallest absolute Gasteiger partial charge is 0.255 e. The van der Waals surface area contributed by atoms with Gasteiger partial charge in [0.15, 0.2) is 0 Å². The lowest BCUT2D eigenvalue weighted by atomic mass is 9.98. The van der Waals surface area contributed by atoms with E-state index in [0.29, 0.717) is 23.7 Å². The number of anilines is 1. The van der Waals surface area contributed by atoms with E-state index in [2.05, 4.69) is 22.1 Å². The Morgan fingerprint density at radius 1 is 1.11 bits per heavy atom. The molecular formula is C20H32Cl2N4O. The predicted octanol–water partition coefficient (Wildman–Crippen LogP) is 3.52. The number of halogens is 2. The van der Waals surface area contributed by atoms with E-state index < -0.39 is 0 Å². The van der Waals surface area contributed by atoms with Crippen LogP contribution in [0.15, 0.2) is 18.3 Å². The number of pyridine rings is 1. The van der Waals surface area contributed by atoms with Crippen LogP contribution in [0.25, 0.3) is 0 Å². The molecule has 1 aromatic rings. The highest BCUT2D eigenvalue weighted by molar-refractivity contribution is 5.94. The average molecular weight is 415 g/mol. The Bertz CT molecular complexity index is 607. The van der Waals surface area contributed by atoms with Crippen molar-refractivity contribution in [2.45, 2.75) is 63.6 Å². The molecule has 4 heterocycles. The number of nitrogens with one attached hydrogen (secondary N) is 1. The zero-order valence-electron chi connectivity index (χ0n) is 16.3.